The highest BCUT2D eigenvalue weighted by atomic mass is 16.6. The first-order valence-corrected chi connectivity index (χ1v) is 9.19. The molecule has 1 aromatic heterocycles. The highest BCUT2D eigenvalue weighted by Crippen LogP contribution is 2.38. The number of hydrogen-bond acceptors (Lipinski definition) is 4. The normalized spacial score (nSPS) is 22.0. The van der Waals surface area contributed by atoms with E-state index in [-0.39, 0.29) is 18.6 Å². The Morgan fingerprint density at radius 3 is 2.68 bits per heavy atom. The van der Waals surface area contributed by atoms with Gasteiger partial charge in [0.25, 0.3) is 5.56 Å². The predicted octanol–water partition coefficient (Wildman–Crippen LogP) is 3.26. The molecule has 3 heterocycles. The number of benzene rings is 1. The van der Waals surface area contributed by atoms with Gasteiger partial charge in [-0.2, -0.15) is 0 Å². The van der Waals surface area contributed by atoms with Gasteiger partial charge in [0.1, 0.15) is 6.61 Å². The van der Waals surface area contributed by atoms with Gasteiger partial charge in [0.15, 0.2) is 5.60 Å². The van der Waals surface area contributed by atoms with Crippen molar-refractivity contribution in [1.82, 2.24) is 4.57 Å². The number of aliphatic hydroxyl groups is 1. The average molecular weight is 375 g/mol. The predicted molar refractivity (Wildman–Crippen MR) is 108 cm³/mol. The van der Waals surface area contributed by atoms with Crippen LogP contribution in [0, 0.1) is 0 Å². The number of esters is 1. The number of nitrogens with zero attached hydrogens (tertiary/aromatic N) is 1. The highest BCUT2D eigenvalue weighted by Gasteiger charge is 2.45. The Labute approximate surface area is 162 Å². The van der Waals surface area contributed by atoms with Crippen molar-refractivity contribution in [2.24, 2.45) is 0 Å². The highest BCUT2D eigenvalue weighted by molar-refractivity contribution is 5.88. The molecule has 0 unspecified atom stereocenters. The number of fused-ring (bicyclic) bond motifs is 2. The van der Waals surface area contributed by atoms with Crippen LogP contribution in [0.15, 0.2) is 53.9 Å². The number of allylic oxidation sites excluding steroid dienone is 2. The van der Waals surface area contributed by atoms with E-state index in [1.54, 1.807) is 23.6 Å². The summed E-state index contributed by atoms with van der Waals surface area (Å²) in [5.41, 5.74) is 2.81. The molecule has 0 radical (unpaired) electrons. The molecule has 5 heteroatoms. The molecule has 0 saturated heterocycles. The molecule has 2 aliphatic rings. The molecule has 142 valence electrons. The zero-order chi connectivity index (χ0) is 20.1. The minimum atomic E-state index is -1.80. The third-order valence-corrected chi connectivity index (χ3v) is 5.61. The van der Waals surface area contributed by atoms with Crippen LogP contribution in [-0.2, 0) is 28.3 Å². The first-order chi connectivity index (χ1) is 13.4. The maximum absolute atomic E-state index is 13.1. The molecule has 0 bridgehead atoms. The molecule has 0 amide bonds. The number of hydrogen-bond donors (Lipinski definition) is 1. The second-order valence-corrected chi connectivity index (χ2v) is 7.08. The van der Waals surface area contributed by atoms with E-state index in [2.05, 4.69) is 13.2 Å². The summed E-state index contributed by atoms with van der Waals surface area (Å²) in [6.45, 7) is 9.95. The first-order valence-electron chi connectivity index (χ1n) is 9.19. The fourth-order valence-electron chi connectivity index (χ4n) is 3.89. The van der Waals surface area contributed by atoms with Crippen molar-refractivity contribution in [3.63, 3.8) is 0 Å². The Bertz CT molecular complexity index is 1120. The maximum atomic E-state index is 13.1. The number of pyridine rings is 1. The Balaban J connectivity index is 1.86. The van der Waals surface area contributed by atoms with Gasteiger partial charge in [-0.25, -0.2) is 4.79 Å². The molecule has 2 aliphatic heterocycles. The van der Waals surface area contributed by atoms with Crippen LogP contribution in [0.4, 0.5) is 0 Å². The van der Waals surface area contributed by atoms with Crippen molar-refractivity contribution in [3.05, 3.63) is 87.4 Å². The van der Waals surface area contributed by atoms with E-state index in [1.807, 2.05) is 30.3 Å². The second kappa shape index (κ2) is 6.46. The third kappa shape index (κ3) is 2.51. The van der Waals surface area contributed by atoms with Gasteiger partial charge in [0.05, 0.1) is 17.8 Å². The molecule has 0 fully saturated rings. The van der Waals surface area contributed by atoms with Crippen molar-refractivity contribution in [1.29, 1.82) is 0 Å². The number of carbonyl (C=O) groups is 1. The van der Waals surface area contributed by atoms with Gasteiger partial charge in [-0.1, -0.05) is 50.4 Å². The van der Waals surface area contributed by atoms with Crippen LogP contribution in [-0.4, -0.2) is 15.6 Å². The smallest absolute Gasteiger partial charge is 0.343 e. The van der Waals surface area contributed by atoms with Crippen LogP contribution < -0.4 is 5.56 Å². The summed E-state index contributed by atoms with van der Waals surface area (Å²) in [7, 11) is 0. The van der Waals surface area contributed by atoms with E-state index in [0.717, 1.165) is 16.7 Å². The minimum absolute atomic E-state index is 0.125. The summed E-state index contributed by atoms with van der Waals surface area (Å²) in [6.07, 6.45) is 3.91. The van der Waals surface area contributed by atoms with E-state index >= 15 is 0 Å². The topological polar surface area (TPSA) is 68.5 Å². The van der Waals surface area contributed by atoms with Crippen molar-refractivity contribution >= 4 is 23.7 Å². The molecule has 0 saturated carbocycles. The third-order valence-electron chi connectivity index (χ3n) is 5.61. The van der Waals surface area contributed by atoms with Gasteiger partial charge >= 0.3 is 5.97 Å². The Morgan fingerprint density at radius 2 is 2.00 bits per heavy atom. The Morgan fingerprint density at radius 1 is 1.29 bits per heavy atom. The minimum Gasteiger partial charge on any atom is -0.458 e. The lowest BCUT2D eigenvalue weighted by Crippen LogP contribution is -2.44. The lowest BCUT2D eigenvalue weighted by atomic mass is 9.86. The molecule has 0 aliphatic carbocycles. The lowest BCUT2D eigenvalue weighted by Gasteiger charge is -2.31. The van der Waals surface area contributed by atoms with Crippen molar-refractivity contribution < 1.29 is 14.6 Å². The molecule has 2 aromatic rings. The standard InChI is InChI=1S/C23H21NO4/c1-4-15-8-6-7-9-16(15)10-17-12-24-20(14(17)3)11-19-18(21(24)25)13-28-22(26)23(19,27)5-2/h4,6-11,27H,1,3,5,12-13H2,2H3/b17-10-/t23-/m0/s1. The largest absolute Gasteiger partial charge is 0.458 e. The van der Waals surface area contributed by atoms with Crippen molar-refractivity contribution in [2.45, 2.75) is 32.1 Å². The number of cyclic esters (lactones) is 1. The Kier molecular flexibility index (Phi) is 4.20. The lowest BCUT2D eigenvalue weighted by molar-refractivity contribution is -0.172. The summed E-state index contributed by atoms with van der Waals surface area (Å²) >= 11 is 0. The van der Waals surface area contributed by atoms with Crippen LogP contribution in [0.3, 0.4) is 0 Å². The molecule has 28 heavy (non-hydrogen) atoms. The van der Waals surface area contributed by atoms with E-state index in [9.17, 15) is 14.7 Å². The quantitative estimate of drug-likeness (QED) is 0.836. The molecule has 5 nitrogen and oxygen atoms in total. The number of carbonyl (C=O) groups excluding carboxylic acids is 1. The van der Waals surface area contributed by atoms with Gasteiger partial charge in [-0.3, -0.25) is 4.79 Å². The zero-order valence-electron chi connectivity index (χ0n) is 15.7. The zero-order valence-corrected chi connectivity index (χ0v) is 15.7. The monoisotopic (exact) mass is 375 g/mol. The van der Waals surface area contributed by atoms with E-state index in [0.29, 0.717) is 28.9 Å². The van der Waals surface area contributed by atoms with Crippen LogP contribution in [0.1, 0.15) is 41.3 Å². The molecular weight excluding hydrogens is 354 g/mol. The summed E-state index contributed by atoms with van der Waals surface area (Å²) in [5, 5.41) is 10.8. The first kappa shape index (κ1) is 18.2. The number of rotatable bonds is 3. The summed E-state index contributed by atoms with van der Waals surface area (Å²) in [5.74, 6) is -0.717. The SMILES string of the molecule is C=Cc1ccccc1/C=C1/Cn2c(cc3c(c2=O)COC(=O)[C@]3(O)CC)C1=C. The molecule has 1 aromatic carbocycles. The van der Waals surface area contributed by atoms with E-state index < -0.39 is 11.6 Å². The molecule has 1 atom stereocenters. The summed E-state index contributed by atoms with van der Waals surface area (Å²) in [4.78, 5) is 25.2. The molecule has 4 rings (SSSR count). The number of aromatic nitrogens is 1. The van der Waals surface area contributed by atoms with Gasteiger partial charge in [-0.05, 0) is 40.8 Å². The summed E-state index contributed by atoms with van der Waals surface area (Å²) < 4.78 is 6.70. The van der Waals surface area contributed by atoms with E-state index in [4.69, 9.17) is 4.74 Å². The number of ether oxygens (including phenoxy) is 1. The van der Waals surface area contributed by atoms with Crippen LogP contribution in [0.25, 0.3) is 17.7 Å². The molecular formula is C23H21NO4. The Hall–Kier alpha value is -3.18. The molecule has 0 spiro atoms. The van der Waals surface area contributed by atoms with Crippen LogP contribution in [0.2, 0.25) is 0 Å². The fourth-order valence-corrected chi connectivity index (χ4v) is 3.89. The second-order valence-electron chi connectivity index (χ2n) is 7.08. The maximum Gasteiger partial charge on any atom is 0.343 e. The van der Waals surface area contributed by atoms with E-state index in [1.165, 1.54) is 0 Å². The average Bonchev–Trinajstić information content (AvgIpc) is 3.02. The van der Waals surface area contributed by atoms with Gasteiger partial charge in [0, 0.05) is 5.56 Å². The van der Waals surface area contributed by atoms with Gasteiger partial charge in [0.2, 0.25) is 0 Å². The summed E-state index contributed by atoms with van der Waals surface area (Å²) in [6, 6.07) is 9.55. The van der Waals surface area contributed by atoms with Crippen molar-refractivity contribution in [2.75, 3.05) is 0 Å². The van der Waals surface area contributed by atoms with Gasteiger partial charge < -0.3 is 14.4 Å². The van der Waals surface area contributed by atoms with Crippen LogP contribution >= 0.6 is 0 Å². The van der Waals surface area contributed by atoms with Gasteiger partial charge in [-0.15, -0.1) is 0 Å². The fraction of sp³-hybridized carbons (Fsp3) is 0.217. The molecule has 1 N–H and O–H groups in total. The van der Waals surface area contributed by atoms with Crippen molar-refractivity contribution in [3.8, 4) is 0 Å². The van der Waals surface area contributed by atoms with Crippen LogP contribution in [0.5, 0.6) is 0 Å².